The van der Waals surface area contributed by atoms with Crippen molar-refractivity contribution in [3.05, 3.63) is 23.3 Å². The Balaban J connectivity index is 0.00000225. The van der Waals surface area contributed by atoms with Gasteiger partial charge in [0.2, 0.25) is 5.91 Å². The first-order valence-electron chi connectivity index (χ1n) is 8.99. The first-order valence-corrected chi connectivity index (χ1v) is 8.99. The van der Waals surface area contributed by atoms with Crippen LogP contribution in [-0.2, 0) is 11.2 Å². The lowest BCUT2D eigenvalue weighted by molar-refractivity contribution is -0.142. The summed E-state index contributed by atoms with van der Waals surface area (Å²) >= 11 is 0. The van der Waals surface area contributed by atoms with E-state index in [4.69, 9.17) is 9.39 Å². The van der Waals surface area contributed by atoms with Gasteiger partial charge in [-0.1, -0.05) is 6.07 Å². The number of ether oxygens (including phenoxy) is 1. The smallest absolute Gasteiger partial charge is 0.522 e. The van der Waals surface area contributed by atoms with Gasteiger partial charge >= 0.3 is 13.1 Å². The highest BCUT2D eigenvalue weighted by Crippen LogP contribution is 2.37. The zero-order valence-corrected chi connectivity index (χ0v) is 15.8. The predicted octanol–water partition coefficient (Wildman–Crippen LogP) is 0.512. The topological polar surface area (TPSA) is 108 Å². The third kappa shape index (κ3) is 3.89. The number of aromatic carboxylic acids is 1. The molecule has 1 aromatic carbocycles. The zero-order chi connectivity index (χ0) is 19.1. The van der Waals surface area contributed by atoms with Crippen molar-refractivity contribution in [2.75, 3.05) is 19.6 Å². The molecule has 2 saturated heterocycles. The van der Waals surface area contributed by atoms with Crippen molar-refractivity contribution in [1.29, 1.82) is 0 Å². The number of aryl methyl sites for hydroxylation is 1. The van der Waals surface area contributed by atoms with E-state index in [1.165, 1.54) is 0 Å². The molecular formula is C17H21BClFN2O6. The summed E-state index contributed by atoms with van der Waals surface area (Å²) in [6, 6.07) is 2.81. The minimum atomic E-state index is -1.20. The molecule has 4 rings (SSSR count). The van der Waals surface area contributed by atoms with Crippen molar-refractivity contribution in [2.45, 2.75) is 37.5 Å². The van der Waals surface area contributed by atoms with Gasteiger partial charge < -0.3 is 29.7 Å². The Morgan fingerprint density at radius 1 is 1.36 bits per heavy atom. The largest absolute Gasteiger partial charge is 0.535 e. The van der Waals surface area contributed by atoms with Crippen LogP contribution in [0.3, 0.4) is 0 Å². The molecule has 11 heteroatoms. The van der Waals surface area contributed by atoms with Gasteiger partial charge in [-0.2, -0.15) is 0 Å². The lowest BCUT2D eigenvalue weighted by Crippen LogP contribution is -2.59. The number of fused-ring (bicyclic) bond motifs is 1. The number of rotatable bonds is 4. The van der Waals surface area contributed by atoms with Crippen molar-refractivity contribution in [1.82, 2.24) is 10.2 Å². The van der Waals surface area contributed by atoms with Crippen molar-refractivity contribution in [3.8, 4) is 11.5 Å². The minimum absolute atomic E-state index is 0. The molecule has 0 bridgehead atoms. The van der Waals surface area contributed by atoms with E-state index in [1.54, 1.807) is 17.0 Å². The highest BCUT2D eigenvalue weighted by molar-refractivity contribution is 6.44. The Kier molecular flexibility index (Phi) is 6.02. The summed E-state index contributed by atoms with van der Waals surface area (Å²) in [6.45, 7) is 0.814. The average Bonchev–Trinajstić information content (AvgIpc) is 3.02. The van der Waals surface area contributed by atoms with Crippen molar-refractivity contribution < 1.29 is 33.5 Å². The number of alkyl halides is 1. The van der Waals surface area contributed by atoms with Crippen LogP contribution >= 0.6 is 12.4 Å². The van der Waals surface area contributed by atoms with Gasteiger partial charge in [-0.25, -0.2) is 9.18 Å². The van der Waals surface area contributed by atoms with E-state index in [2.05, 4.69) is 5.32 Å². The molecule has 2 fully saturated rings. The highest BCUT2D eigenvalue weighted by atomic mass is 35.5. The van der Waals surface area contributed by atoms with Gasteiger partial charge in [0.15, 0.2) is 0 Å². The van der Waals surface area contributed by atoms with Crippen molar-refractivity contribution in [2.24, 2.45) is 0 Å². The fourth-order valence-electron chi connectivity index (χ4n) is 3.69. The molecular weight excluding hydrogens is 393 g/mol. The van der Waals surface area contributed by atoms with Crippen LogP contribution in [-0.4, -0.2) is 72.0 Å². The number of carboxylic acid groups (broad SMARTS) is 1. The predicted molar refractivity (Wildman–Crippen MR) is 100 cm³/mol. The molecule has 3 heterocycles. The first kappa shape index (κ1) is 20.7. The van der Waals surface area contributed by atoms with E-state index < -0.39 is 25.3 Å². The van der Waals surface area contributed by atoms with Gasteiger partial charge in [0, 0.05) is 13.0 Å². The summed E-state index contributed by atoms with van der Waals surface area (Å²) in [5.41, 5.74) is 0.595. The van der Waals surface area contributed by atoms with Gasteiger partial charge in [-0.15, -0.1) is 12.4 Å². The van der Waals surface area contributed by atoms with Crippen LogP contribution in [0.25, 0.3) is 0 Å². The molecule has 152 valence electrons. The molecule has 1 aromatic rings. The molecule has 1 amide bonds. The van der Waals surface area contributed by atoms with E-state index in [9.17, 15) is 24.1 Å². The number of benzene rings is 1. The Bertz CT molecular complexity index is 778. The minimum Gasteiger partial charge on any atom is -0.535 e. The summed E-state index contributed by atoms with van der Waals surface area (Å²) < 4.78 is 24.3. The monoisotopic (exact) mass is 414 g/mol. The maximum absolute atomic E-state index is 13.2. The number of carbonyl (C=O) groups excluding carboxylic acids is 1. The summed E-state index contributed by atoms with van der Waals surface area (Å²) in [6.07, 6.45) is -0.250. The molecule has 0 spiro atoms. The van der Waals surface area contributed by atoms with Crippen molar-refractivity contribution >= 4 is 31.4 Å². The normalized spacial score (nSPS) is 23.9. The molecule has 2 atom stereocenters. The Morgan fingerprint density at radius 2 is 2.11 bits per heavy atom. The van der Waals surface area contributed by atoms with E-state index in [-0.39, 0.29) is 54.4 Å². The second-order valence-corrected chi connectivity index (χ2v) is 7.12. The molecule has 3 aliphatic rings. The summed E-state index contributed by atoms with van der Waals surface area (Å²) in [7, 11) is -1.04. The summed E-state index contributed by atoms with van der Waals surface area (Å²) in [5.74, 6) is -1.08. The molecule has 0 saturated carbocycles. The zero-order valence-electron chi connectivity index (χ0n) is 15.0. The number of carboxylic acids is 1. The van der Waals surface area contributed by atoms with Crippen LogP contribution in [0.2, 0.25) is 6.32 Å². The standard InChI is InChI=1S/C17H20BFN2O6.ClH/c19-10-5-12(20-6-10)16(22)21-7-11(8-21)26-13-2-1-9-3-4-18(25)27-15(9)14(13)17(23)24;/h1-2,10-12,20,25H,3-8H2,(H,23,24);1H/t10-,12-;/m0./s1. The second kappa shape index (κ2) is 8.14. The molecule has 0 aromatic heterocycles. The fraction of sp³-hybridized carbons (Fsp3) is 0.529. The number of likely N-dealkylation sites (tertiary alicyclic amines) is 1. The van der Waals surface area contributed by atoms with Crippen molar-refractivity contribution in [3.63, 3.8) is 0 Å². The van der Waals surface area contributed by atoms with E-state index in [1.807, 2.05) is 0 Å². The van der Waals surface area contributed by atoms with Crippen LogP contribution in [0, 0.1) is 0 Å². The molecule has 8 nitrogen and oxygen atoms in total. The Morgan fingerprint density at radius 3 is 2.75 bits per heavy atom. The maximum Gasteiger partial charge on any atom is 0.522 e. The van der Waals surface area contributed by atoms with Gasteiger partial charge in [-0.05, 0) is 24.4 Å². The molecule has 3 N–H and O–H groups in total. The Hall–Kier alpha value is -2.04. The number of halogens is 2. The van der Waals surface area contributed by atoms with Crippen LogP contribution in [0.15, 0.2) is 12.1 Å². The van der Waals surface area contributed by atoms with Gasteiger partial charge in [0.1, 0.15) is 29.3 Å². The van der Waals surface area contributed by atoms with Crippen LogP contribution in [0.1, 0.15) is 22.3 Å². The molecule has 3 aliphatic heterocycles. The number of carbonyl (C=O) groups is 2. The molecule has 28 heavy (non-hydrogen) atoms. The van der Waals surface area contributed by atoms with Gasteiger partial charge in [-0.3, -0.25) is 4.79 Å². The number of hydrogen-bond acceptors (Lipinski definition) is 6. The lowest BCUT2D eigenvalue weighted by Gasteiger charge is -2.40. The first-order chi connectivity index (χ1) is 12.9. The fourth-order valence-corrected chi connectivity index (χ4v) is 3.69. The van der Waals surface area contributed by atoms with Crippen LogP contribution < -0.4 is 14.7 Å². The Labute approximate surface area is 167 Å². The van der Waals surface area contributed by atoms with Crippen LogP contribution in [0.4, 0.5) is 4.39 Å². The quantitative estimate of drug-likeness (QED) is 0.616. The molecule has 0 aliphatic carbocycles. The average molecular weight is 415 g/mol. The maximum atomic E-state index is 13.2. The number of nitrogens with zero attached hydrogens (tertiary/aromatic N) is 1. The van der Waals surface area contributed by atoms with Gasteiger partial charge in [0.25, 0.3) is 0 Å². The number of hydrogen-bond donors (Lipinski definition) is 3. The lowest BCUT2D eigenvalue weighted by atomic mass is 9.78. The summed E-state index contributed by atoms with van der Waals surface area (Å²) in [5, 5.41) is 22.1. The second-order valence-electron chi connectivity index (χ2n) is 7.12. The number of nitrogens with one attached hydrogen (secondary N) is 1. The van der Waals surface area contributed by atoms with E-state index >= 15 is 0 Å². The molecule has 0 unspecified atom stereocenters. The van der Waals surface area contributed by atoms with E-state index in [0.717, 1.165) is 0 Å². The highest BCUT2D eigenvalue weighted by Gasteiger charge is 2.39. The van der Waals surface area contributed by atoms with E-state index in [0.29, 0.717) is 31.4 Å². The summed E-state index contributed by atoms with van der Waals surface area (Å²) in [4.78, 5) is 25.6. The number of amides is 1. The third-order valence-electron chi connectivity index (χ3n) is 5.16. The molecule has 0 radical (unpaired) electrons. The van der Waals surface area contributed by atoms with Gasteiger partial charge in [0.05, 0.1) is 19.1 Å². The van der Waals surface area contributed by atoms with Crippen LogP contribution in [0.5, 0.6) is 11.5 Å². The third-order valence-corrected chi connectivity index (χ3v) is 5.16. The SMILES string of the molecule is Cl.O=C(O)c1c(OC2CN(C(=O)[C@@H]3C[C@H](F)CN3)C2)ccc2c1OB(O)CC2.